The van der Waals surface area contributed by atoms with Gasteiger partial charge in [-0.25, -0.2) is 8.78 Å². The van der Waals surface area contributed by atoms with Gasteiger partial charge in [-0.05, 0) is 63.4 Å². The molecule has 1 amide bonds. The highest BCUT2D eigenvalue weighted by atomic mass is 19.3. The van der Waals surface area contributed by atoms with Gasteiger partial charge in [0.25, 0.3) is 11.8 Å². The molecular weight excluding hydrogens is 416 g/mol. The quantitative estimate of drug-likeness (QED) is 0.426. The zero-order valence-electron chi connectivity index (χ0n) is 20.5. The Labute approximate surface area is 196 Å². The van der Waals surface area contributed by atoms with Crippen LogP contribution in [0.5, 0.6) is 0 Å². The largest absolute Gasteiger partial charge is 0.322 e. The molecule has 3 aromatic carbocycles. The minimum Gasteiger partial charge on any atom is -0.322 e. The molecule has 0 saturated heterocycles. The number of hydrogen-bond acceptors (Lipinski definition) is 1. The molecule has 0 spiro atoms. The van der Waals surface area contributed by atoms with Crippen molar-refractivity contribution < 1.29 is 13.6 Å². The van der Waals surface area contributed by atoms with Crippen molar-refractivity contribution in [2.75, 3.05) is 5.32 Å². The smallest absolute Gasteiger partial charge is 0.270 e. The summed E-state index contributed by atoms with van der Waals surface area (Å²) in [6, 6.07) is 19.8. The first-order chi connectivity index (χ1) is 15.1. The van der Waals surface area contributed by atoms with Gasteiger partial charge in [-0.2, -0.15) is 0 Å². The maximum absolute atomic E-state index is 14.3. The molecule has 0 saturated carbocycles. The number of halogens is 2. The fraction of sp³-hybridized carbons (Fsp3) is 0.345. The third kappa shape index (κ3) is 6.07. The van der Waals surface area contributed by atoms with Crippen molar-refractivity contribution in [3.8, 4) is 11.1 Å². The van der Waals surface area contributed by atoms with Crippen LogP contribution in [0.1, 0.15) is 75.5 Å². The zero-order chi connectivity index (χ0) is 24.6. The molecule has 0 fully saturated rings. The van der Waals surface area contributed by atoms with E-state index in [9.17, 15) is 13.6 Å². The lowest BCUT2D eigenvalue weighted by molar-refractivity contribution is 0.0175. The Balaban J connectivity index is 1.95. The normalized spacial score (nSPS) is 12.5. The van der Waals surface area contributed by atoms with Crippen molar-refractivity contribution in [2.24, 2.45) is 0 Å². The Hall–Kier alpha value is -3.01. The lowest BCUT2D eigenvalue weighted by Crippen LogP contribution is -2.15. The highest BCUT2D eigenvalue weighted by Gasteiger charge is 2.26. The van der Waals surface area contributed by atoms with Crippen LogP contribution in [0.15, 0.2) is 66.7 Å². The number of rotatable bonds is 4. The molecule has 0 unspecified atom stereocenters. The van der Waals surface area contributed by atoms with E-state index in [1.165, 1.54) is 12.1 Å². The minimum atomic E-state index is -3.06. The Kier molecular flexibility index (Phi) is 6.52. The summed E-state index contributed by atoms with van der Waals surface area (Å²) in [6.07, 6.45) is 0. The van der Waals surface area contributed by atoms with E-state index in [-0.39, 0.29) is 22.0 Å². The predicted octanol–water partition coefficient (Wildman–Crippen LogP) is 8.31. The third-order valence-corrected chi connectivity index (χ3v) is 5.80. The molecule has 174 valence electrons. The molecule has 3 aromatic rings. The average Bonchev–Trinajstić information content (AvgIpc) is 2.72. The predicted molar refractivity (Wildman–Crippen MR) is 133 cm³/mol. The first-order valence-corrected chi connectivity index (χ1v) is 11.2. The van der Waals surface area contributed by atoms with Crippen molar-refractivity contribution in [3.63, 3.8) is 0 Å². The van der Waals surface area contributed by atoms with Gasteiger partial charge in [0.1, 0.15) is 0 Å². The maximum atomic E-state index is 14.3. The summed E-state index contributed by atoms with van der Waals surface area (Å²) in [5.41, 5.74) is 4.30. The van der Waals surface area contributed by atoms with E-state index in [0.29, 0.717) is 11.3 Å². The van der Waals surface area contributed by atoms with E-state index in [2.05, 4.69) is 46.9 Å². The molecule has 0 atom stereocenters. The summed E-state index contributed by atoms with van der Waals surface area (Å²) in [6.45, 7) is 13.6. The fourth-order valence-corrected chi connectivity index (χ4v) is 3.60. The SMILES string of the molecule is CC(C)(C)c1ccc(NC(=O)c2cc(-c3ccc(C(C)(C)C)cc3)cc(C(C)(F)F)c2)cc1. The molecule has 2 nitrogen and oxygen atoms in total. The lowest BCUT2D eigenvalue weighted by Gasteiger charge is -2.20. The van der Waals surface area contributed by atoms with E-state index in [4.69, 9.17) is 0 Å². The van der Waals surface area contributed by atoms with Gasteiger partial charge in [0.05, 0.1) is 0 Å². The van der Waals surface area contributed by atoms with Gasteiger partial charge >= 0.3 is 0 Å². The number of carbonyl (C=O) groups excluding carboxylic acids is 1. The molecule has 3 rings (SSSR count). The van der Waals surface area contributed by atoms with Crippen molar-refractivity contribution in [1.29, 1.82) is 0 Å². The summed E-state index contributed by atoms with van der Waals surface area (Å²) in [4.78, 5) is 13.0. The van der Waals surface area contributed by atoms with Crippen molar-refractivity contribution >= 4 is 11.6 Å². The van der Waals surface area contributed by atoms with Gasteiger partial charge < -0.3 is 5.32 Å². The van der Waals surface area contributed by atoms with Crippen LogP contribution < -0.4 is 5.32 Å². The van der Waals surface area contributed by atoms with Crippen LogP contribution in [0.2, 0.25) is 0 Å². The minimum absolute atomic E-state index is 0.00101. The van der Waals surface area contributed by atoms with Crippen LogP contribution in [0.25, 0.3) is 11.1 Å². The number of amides is 1. The summed E-state index contributed by atoms with van der Waals surface area (Å²) in [5, 5.41) is 2.84. The zero-order valence-corrected chi connectivity index (χ0v) is 20.5. The van der Waals surface area contributed by atoms with Crippen LogP contribution in [0.4, 0.5) is 14.5 Å². The highest BCUT2D eigenvalue weighted by molar-refractivity contribution is 6.05. The third-order valence-electron chi connectivity index (χ3n) is 5.80. The van der Waals surface area contributed by atoms with Gasteiger partial charge in [0.2, 0.25) is 0 Å². The number of nitrogens with one attached hydrogen (secondary N) is 1. The summed E-state index contributed by atoms with van der Waals surface area (Å²) in [5.74, 6) is -3.48. The van der Waals surface area contributed by atoms with Crippen molar-refractivity contribution in [2.45, 2.75) is 65.2 Å². The molecule has 1 N–H and O–H groups in total. The molecule has 33 heavy (non-hydrogen) atoms. The monoisotopic (exact) mass is 449 g/mol. The molecular formula is C29H33F2NO. The topological polar surface area (TPSA) is 29.1 Å². The number of alkyl halides is 2. The van der Waals surface area contributed by atoms with E-state index in [1.54, 1.807) is 6.07 Å². The van der Waals surface area contributed by atoms with Crippen LogP contribution in [0.3, 0.4) is 0 Å². The van der Waals surface area contributed by atoms with Crippen LogP contribution >= 0.6 is 0 Å². The molecule has 0 aliphatic carbocycles. The van der Waals surface area contributed by atoms with Gasteiger partial charge in [0.15, 0.2) is 0 Å². The number of benzene rings is 3. The Morgan fingerprint density at radius 2 is 1.12 bits per heavy atom. The Morgan fingerprint density at radius 1 is 0.636 bits per heavy atom. The van der Waals surface area contributed by atoms with Crippen LogP contribution in [-0.2, 0) is 16.8 Å². The van der Waals surface area contributed by atoms with Gasteiger partial charge in [0, 0.05) is 23.7 Å². The van der Waals surface area contributed by atoms with Crippen LogP contribution in [-0.4, -0.2) is 5.91 Å². The Bertz CT molecular complexity index is 1130. The van der Waals surface area contributed by atoms with Crippen molar-refractivity contribution in [1.82, 2.24) is 0 Å². The lowest BCUT2D eigenvalue weighted by atomic mass is 9.86. The second kappa shape index (κ2) is 8.74. The van der Waals surface area contributed by atoms with Gasteiger partial charge in [-0.1, -0.05) is 77.9 Å². The molecule has 0 aliphatic rings. The molecule has 4 heteroatoms. The first-order valence-electron chi connectivity index (χ1n) is 11.2. The summed E-state index contributed by atoms with van der Waals surface area (Å²) >= 11 is 0. The van der Waals surface area contributed by atoms with E-state index < -0.39 is 11.8 Å². The number of anilines is 1. The molecule has 0 radical (unpaired) electrons. The number of carbonyl (C=O) groups is 1. The van der Waals surface area contributed by atoms with E-state index in [1.807, 2.05) is 48.5 Å². The Morgan fingerprint density at radius 3 is 1.58 bits per heavy atom. The second-order valence-corrected chi connectivity index (χ2v) is 10.8. The summed E-state index contributed by atoms with van der Waals surface area (Å²) in [7, 11) is 0. The average molecular weight is 450 g/mol. The fourth-order valence-electron chi connectivity index (χ4n) is 3.60. The van der Waals surface area contributed by atoms with Gasteiger partial charge in [-0.3, -0.25) is 4.79 Å². The number of hydrogen-bond donors (Lipinski definition) is 1. The molecule has 0 aromatic heterocycles. The second-order valence-electron chi connectivity index (χ2n) is 10.8. The standard InChI is InChI=1S/C29H33F2NO/c1-27(2,3)22-10-8-19(9-11-22)20-16-21(18-24(17-20)29(7,30)31)26(33)32-25-14-12-23(13-15-25)28(4,5)6/h8-18H,1-7H3,(H,32,33). The highest BCUT2D eigenvalue weighted by Crippen LogP contribution is 2.33. The molecule has 0 aliphatic heterocycles. The first kappa shape index (κ1) is 24.6. The summed E-state index contributed by atoms with van der Waals surface area (Å²) < 4.78 is 28.5. The maximum Gasteiger partial charge on any atom is 0.270 e. The molecule has 0 heterocycles. The molecule has 0 bridgehead atoms. The van der Waals surface area contributed by atoms with Crippen molar-refractivity contribution in [3.05, 3.63) is 89.0 Å². The van der Waals surface area contributed by atoms with Crippen LogP contribution in [0, 0.1) is 0 Å². The van der Waals surface area contributed by atoms with E-state index >= 15 is 0 Å². The van der Waals surface area contributed by atoms with E-state index in [0.717, 1.165) is 23.6 Å². The van der Waals surface area contributed by atoms with Gasteiger partial charge in [-0.15, -0.1) is 0 Å².